The molecule has 2 aliphatic heterocycles. The van der Waals surface area contributed by atoms with Crippen molar-refractivity contribution in [2.24, 2.45) is 0 Å². The third-order valence-corrected chi connectivity index (χ3v) is 9.57. The molecule has 2 amide bonds. The molecule has 1 atom stereocenters. The minimum absolute atomic E-state index is 0.0872. The lowest BCUT2D eigenvalue weighted by Gasteiger charge is -2.16. The molecule has 13 heteroatoms. The number of hydrogen-bond donors (Lipinski definition) is 2. The Labute approximate surface area is 263 Å². The number of aromatic nitrogens is 3. The zero-order chi connectivity index (χ0) is 31.2. The van der Waals surface area contributed by atoms with Crippen LogP contribution in [0.4, 0.5) is 8.78 Å². The first-order valence-electron chi connectivity index (χ1n) is 14.3. The number of pyridine rings is 1. The van der Waals surface area contributed by atoms with E-state index in [4.69, 9.17) is 21.1 Å². The first-order chi connectivity index (χ1) is 21.8. The van der Waals surface area contributed by atoms with Crippen LogP contribution >= 0.6 is 22.9 Å². The van der Waals surface area contributed by atoms with E-state index in [0.717, 1.165) is 18.4 Å². The Morgan fingerprint density at radius 3 is 2.60 bits per heavy atom. The molecular formula is C32H24ClF2N5O4S. The molecule has 0 bridgehead atoms. The highest BCUT2D eigenvalue weighted by Gasteiger charge is 2.44. The standard InChI is InChI=1S/C32H24ClF2N5O4S/c33-20-14-19(35)9-6-17(20)15-36-30(41)24-12-11-23(45-24)26-25(29-38-32(43)44-39-29)21(10-5-16-3-7-18(34)8-4-16)37-28-22-2-1-13-40(22)31(42)27(26)28/h3-4,6-9,11-12,14,22H,1-2,5,10,13,15H2,(H,36,41)(H,38,39,43)/t22-/m0/s1. The minimum atomic E-state index is -0.765. The Hall–Kier alpha value is -4.68. The topological polar surface area (TPSA) is 121 Å². The number of thiophene rings is 1. The lowest BCUT2D eigenvalue weighted by atomic mass is 9.93. The zero-order valence-electron chi connectivity index (χ0n) is 23.5. The van der Waals surface area contributed by atoms with Crippen LogP contribution in [-0.4, -0.2) is 38.4 Å². The maximum Gasteiger partial charge on any atom is 0.439 e. The van der Waals surface area contributed by atoms with Gasteiger partial charge in [0.15, 0.2) is 5.82 Å². The van der Waals surface area contributed by atoms with Crippen molar-refractivity contribution in [3.63, 3.8) is 0 Å². The third-order valence-electron chi connectivity index (χ3n) is 8.11. The van der Waals surface area contributed by atoms with Gasteiger partial charge < -0.3 is 10.2 Å². The van der Waals surface area contributed by atoms with Gasteiger partial charge in [-0.05, 0) is 73.2 Å². The van der Waals surface area contributed by atoms with Gasteiger partial charge in [0.2, 0.25) is 0 Å². The molecule has 0 spiro atoms. The molecule has 2 aliphatic rings. The van der Waals surface area contributed by atoms with E-state index in [0.29, 0.717) is 62.8 Å². The summed E-state index contributed by atoms with van der Waals surface area (Å²) in [5.41, 5.74) is 4.05. The van der Waals surface area contributed by atoms with Gasteiger partial charge in [-0.2, -0.15) is 0 Å². The number of halogens is 3. The van der Waals surface area contributed by atoms with Crippen molar-refractivity contribution in [2.45, 2.75) is 38.3 Å². The molecule has 0 saturated carbocycles. The monoisotopic (exact) mass is 647 g/mol. The van der Waals surface area contributed by atoms with Crippen molar-refractivity contribution in [3.05, 3.63) is 115 Å². The van der Waals surface area contributed by atoms with E-state index in [1.807, 2.05) is 4.90 Å². The summed E-state index contributed by atoms with van der Waals surface area (Å²) in [6.45, 7) is 0.689. The number of carbonyl (C=O) groups is 2. The van der Waals surface area contributed by atoms with Crippen molar-refractivity contribution in [1.82, 2.24) is 25.3 Å². The van der Waals surface area contributed by atoms with Crippen LogP contribution in [0.15, 0.2) is 63.9 Å². The zero-order valence-corrected chi connectivity index (χ0v) is 25.1. The molecule has 7 rings (SSSR count). The number of rotatable bonds is 8. The lowest BCUT2D eigenvalue weighted by Crippen LogP contribution is -2.23. The SMILES string of the molecule is O=C(NCc1ccc(F)cc1Cl)c1ccc(-c2c3c(nc(CCc4ccc(F)cc4)c2-c2noc(=O)[nH]2)[C@@H]2CCCN2C3=O)s1. The quantitative estimate of drug-likeness (QED) is 0.210. The molecule has 228 valence electrons. The van der Waals surface area contributed by atoms with Crippen LogP contribution in [0.25, 0.3) is 21.8 Å². The van der Waals surface area contributed by atoms with E-state index in [9.17, 15) is 23.2 Å². The molecule has 1 saturated heterocycles. The second kappa shape index (κ2) is 11.7. The summed E-state index contributed by atoms with van der Waals surface area (Å²) in [6.07, 6.45) is 2.53. The summed E-state index contributed by atoms with van der Waals surface area (Å²) < 4.78 is 31.9. The van der Waals surface area contributed by atoms with Gasteiger partial charge in [0.25, 0.3) is 11.8 Å². The second-order valence-corrected chi connectivity index (χ2v) is 12.4. The van der Waals surface area contributed by atoms with Gasteiger partial charge in [-0.1, -0.05) is 35.0 Å². The number of hydrogen-bond acceptors (Lipinski definition) is 7. The van der Waals surface area contributed by atoms with E-state index in [2.05, 4.69) is 15.5 Å². The third kappa shape index (κ3) is 5.44. The maximum atomic E-state index is 13.9. The van der Waals surface area contributed by atoms with Gasteiger partial charge in [0.1, 0.15) is 11.6 Å². The summed E-state index contributed by atoms with van der Waals surface area (Å²) in [6, 6.07) is 13.4. The fourth-order valence-electron chi connectivity index (χ4n) is 6.01. The van der Waals surface area contributed by atoms with Gasteiger partial charge in [-0.3, -0.25) is 24.1 Å². The van der Waals surface area contributed by atoms with E-state index in [1.54, 1.807) is 24.3 Å². The summed E-state index contributed by atoms with van der Waals surface area (Å²) in [5, 5.41) is 6.98. The summed E-state index contributed by atoms with van der Waals surface area (Å²) in [4.78, 5) is 49.6. The van der Waals surface area contributed by atoms with Gasteiger partial charge in [-0.25, -0.2) is 13.6 Å². The molecule has 0 aliphatic carbocycles. The summed E-state index contributed by atoms with van der Waals surface area (Å²) in [5.74, 6) is -2.01. The number of aryl methyl sites for hydroxylation is 2. The van der Waals surface area contributed by atoms with E-state index >= 15 is 0 Å². The highest BCUT2D eigenvalue weighted by atomic mass is 35.5. The van der Waals surface area contributed by atoms with Crippen LogP contribution in [0, 0.1) is 11.6 Å². The predicted octanol–water partition coefficient (Wildman–Crippen LogP) is 6.09. The number of fused-ring (bicyclic) bond motifs is 3. The Balaban J connectivity index is 1.31. The molecule has 9 nitrogen and oxygen atoms in total. The van der Waals surface area contributed by atoms with Crippen molar-refractivity contribution in [3.8, 4) is 21.8 Å². The Morgan fingerprint density at radius 1 is 1.04 bits per heavy atom. The summed E-state index contributed by atoms with van der Waals surface area (Å²) >= 11 is 7.31. The average molecular weight is 648 g/mol. The van der Waals surface area contributed by atoms with Crippen LogP contribution in [0.2, 0.25) is 5.02 Å². The van der Waals surface area contributed by atoms with E-state index in [-0.39, 0.29) is 41.1 Å². The largest absolute Gasteiger partial charge is 0.439 e. The average Bonchev–Trinajstić information content (AvgIpc) is 3.83. The fourth-order valence-corrected chi connectivity index (χ4v) is 7.22. The first kappa shape index (κ1) is 29.1. The Bertz CT molecular complexity index is 2020. The predicted molar refractivity (Wildman–Crippen MR) is 163 cm³/mol. The molecule has 1 fully saturated rings. The number of benzene rings is 2. The van der Waals surface area contributed by atoms with Crippen LogP contribution in [0.5, 0.6) is 0 Å². The van der Waals surface area contributed by atoms with Gasteiger partial charge in [-0.15, -0.1) is 11.3 Å². The van der Waals surface area contributed by atoms with E-state index < -0.39 is 11.6 Å². The number of amides is 2. The van der Waals surface area contributed by atoms with Crippen LogP contribution in [0.3, 0.4) is 0 Å². The molecule has 0 radical (unpaired) electrons. The van der Waals surface area contributed by atoms with Crippen LogP contribution in [0.1, 0.15) is 61.4 Å². The van der Waals surface area contributed by atoms with E-state index in [1.165, 1.54) is 41.7 Å². The van der Waals surface area contributed by atoms with Gasteiger partial charge >= 0.3 is 5.76 Å². The highest BCUT2D eigenvalue weighted by Crippen LogP contribution is 2.48. The normalized spacial score (nSPS) is 15.4. The minimum Gasteiger partial charge on any atom is -0.347 e. The molecular weight excluding hydrogens is 624 g/mol. The highest BCUT2D eigenvalue weighted by molar-refractivity contribution is 7.17. The van der Waals surface area contributed by atoms with Crippen molar-refractivity contribution >= 4 is 34.8 Å². The molecule has 3 aromatic heterocycles. The molecule has 2 N–H and O–H groups in total. The fraction of sp³-hybridized carbons (Fsp3) is 0.219. The second-order valence-electron chi connectivity index (χ2n) is 10.9. The van der Waals surface area contributed by atoms with Gasteiger partial charge in [0, 0.05) is 28.6 Å². The lowest BCUT2D eigenvalue weighted by molar-refractivity contribution is 0.0776. The number of nitrogens with one attached hydrogen (secondary N) is 2. The van der Waals surface area contributed by atoms with Gasteiger partial charge in [0.05, 0.1) is 33.4 Å². The first-order valence-corrected chi connectivity index (χ1v) is 15.5. The Kier molecular flexibility index (Phi) is 7.54. The molecule has 5 aromatic rings. The number of H-pyrrole nitrogens is 1. The van der Waals surface area contributed by atoms with Crippen molar-refractivity contribution in [1.29, 1.82) is 0 Å². The number of aromatic amines is 1. The molecule has 0 unspecified atom stereocenters. The number of nitrogens with zero attached hydrogens (tertiary/aromatic N) is 3. The molecule has 2 aromatic carbocycles. The van der Waals surface area contributed by atoms with Crippen molar-refractivity contribution in [2.75, 3.05) is 6.54 Å². The summed E-state index contributed by atoms with van der Waals surface area (Å²) in [7, 11) is 0. The molecule has 45 heavy (non-hydrogen) atoms. The smallest absolute Gasteiger partial charge is 0.347 e. The Morgan fingerprint density at radius 2 is 1.84 bits per heavy atom. The van der Waals surface area contributed by atoms with Crippen molar-refractivity contribution < 1.29 is 22.9 Å². The maximum absolute atomic E-state index is 13.9. The van der Waals surface area contributed by atoms with Crippen LogP contribution < -0.4 is 11.1 Å². The molecule has 5 heterocycles. The number of carbonyl (C=O) groups excluding carboxylic acids is 2. The van der Waals surface area contributed by atoms with Crippen LogP contribution in [-0.2, 0) is 19.4 Å².